The molecule has 86 valence electrons. The number of benzene rings is 1. The molecule has 0 radical (unpaired) electrons. The van der Waals surface area contributed by atoms with Gasteiger partial charge in [-0.05, 0) is 12.0 Å². The summed E-state index contributed by atoms with van der Waals surface area (Å²) in [6.45, 7) is 8.02. The fraction of sp³-hybridized carbons (Fsp3) is 0.357. The topological polar surface area (TPSA) is 29.1 Å². The smallest absolute Gasteiger partial charge is 0.226 e. The van der Waals surface area contributed by atoms with Crippen LogP contribution in [0.2, 0.25) is 0 Å². The number of nitrogens with one attached hydrogen (secondary N) is 1. The summed E-state index contributed by atoms with van der Waals surface area (Å²) in [5, 5.41) is 2.84. The van der Waals surface area contributed by atoms with E-state index in [0.29, 0.717) is 6.54 Å². The number of hydrogen-bond donors (Lipinski definition) is 1. The summed E-state index contributed by atoms with van der Waals surface area (Å²) in [7, 11) is 0. The van der Waals surface area contributed by atoms with Gasteiger partial charge in [0.25, 0.3) is 0 Å². The van der Waals surface area contributed by atoms with Gasteiger partial charge in [-0.2, -0.15) is 0 Å². The number of rotatable bonds is 5. The highest BCUT2D eigenvalue weighted by atomic mass is 16.2. The van der Waals surface area contributed by atoms with Gasteiger partial charge < -0.3 is 5.32 Å². The number of hydrogen-bond acceptors (Lipinski definition) is 1. The van der Waals surface area contributed by atoms with Crippen LogP contribution in [0.25, 0.3) is 0 Å². The van der Waals surface area contributed by atoms with Crippen LogP contribution in [0.5, 0.6) is 0 Å². The molecule has 0 aliphatic heterocycles. The Morgan fingerprint density at radius 1 is 1.38 bits per heavy atom. The summed E-state index contributed by atoms with van der Waals surface area (Å²) in [6, 6.07) is 10.1. The molecule has 0 atom stereocenters. The fourth-order valence-corrected chi connectivity index (χ4v) is 1.59. The van der Waals surface area contributed by atoms with Crippen molar-refractivity contribution in [1.29, 1.82) is 0 Å². The van der Waals surface area contributed by atoms with Crippen molar-refractivity contribution in [2.75, 3.05) is 6.54 Å². The van der Waals surface area contributed by atoms with E-state index >= 15 is 0 Å². The van der Waals surface area contributed by atoms with Crippen molar-refractivity contribution in [2.45, 2.75) is 20.3 Å². The van der Waals surface area contributed by atoms with Crippen LogP contribution in [0.15, 0.2) is 43.0 Å². The van der Waals surface area contributed by atoms with Gasteiger partial charge in [0.05, 0.1) is 0 Å². The van der Waals surface area contributed by atoms with Crippen LogP contribution in [0.1, 0.15) is 19.4 Å². The monoisotopic (exact) mass is 217 g/mol. The van der Waals surface area contributed by atoms with Crippen LogP contribution in [0.3, 0.4) is 0 Å². The summed E-state index contributed by atoms with van der Waals surface area (Å²) in [5.74, 6) is 0.0660. The van der Waals surface area contributed by atoms with Gasteiger partial charge in [0.1, 0.15) is 0 Å². The van der Waals surface area contributed by atoms with Crippen molar-refractivity contribution < 1.29 is 4.79 Å². The number of amides is 1. The zero-order valence-electron chi connectivity index (χ0n) is 9.99. The Morgan fingerprint density at radius 2 is 2.00 bits per heavy atom. The molecule has 0 unspecified atom stereocenters. The fourth-order valence-electron chi connectivity index (χ4n) is 1.59. The first-order valence-electron chi connectivity index (χ1n) is 5.49. The Hall–Kier alpha value is -1.57. The van der Waals surface area contributed by atoms with E-state index in [-0.39, 0.29) is 11.3 Å². The summed E-state index contributed by atoms with van der Waals surface area (Å²) in [4.78, 5) is 11.9. The Morgan fingerprint density at radius 3 is 2.56 bits per heavy atom. The van der Waals surface area contributed by atoms with Gasteiger partial charge in [-0.3, -0.25) is 4.79 Å². The highest BCUT2D eigenvalue weighted by molar-refractivity contribution is 5.82. The lowest BCUT2D eigenvalue weighted by molar-refractivity contribution is -0.129. The molecule has 0 bridgehead atoms. The Labute approximate surface area is 97.4 Å². The second kappa shape index (κ2) is 5.50. The van der Waals surface area contributed by atoms with E-state index in [1.165, 1.54) is 5.56 Å². The van der Waals surface area contributed by atoms with E-state index in [1.807, 2.05) is 44.2 Å². The highest BCUT2D eigenvalue weighted by Crippen LogP contribution is 2.21. The minimum absolute atomic E-state index is 0.0660. The van der Waals surface area contributed by atoms with E-state index in [0.717, 1.165) is 6.42 Å². The van der Waals surface area contributed by atoms with Crippen molar-refractivity contribution in [2.24, 2.45) is 5.41 Å². The Balaban J connectivity index is 2.64. The lowest BCUT2D eigenvalue weighted by Crippen LogP contribution is -2.38. The zero-order valence-corrected chi connectivity index (χ0v) is 9.99. The molecule has 0 heterocycles. The Kier molecular flexibility index (Phi) is 4.29. The standard InChI is InChI=1S/C14H19NO/c1-4-10-15-13(16)14(2,3)11-12-8-6-5-7-9-12/h4-9H,1,10-11H2,2-3H3,(H,15,16). The second-order valence-electron chi connectivity index (χ2n) is 4.54. The molecular formula is C14H19NO. The van der Waals surface area contributed by atoms with Gasteiger partial charge in [0.2, 0.25) is 5.91 Å². The van der Waals surface area contributed by atoms with E-state index in [2.05, 4.69) is 11.9 Å². The first-order valence-corrected chi connectivity index (χ1v) is 5.49. The summed E-state index contributed by atoms with van der Waals surface area (Å²) < 4.78 is 0. The van der Waals surface area contributed by atoms with E-state index < -0.39 is 0 Å². The SMILES string of the molecule is C=CCNC(=O)C(C)(C)Cc1ccccc1. The predicted octanol–water partition coefficient (Wildman–Crippen LogP) is 2.56. The van der Waals surface area contributed by atoms with Crippen molar-refractivity contribution >= 4 is 5.91 Å². The minimum Gasteiger partial charge on any atom is -0.352 e. The average molecular weight is 217 g/mol. The summed E-state index contributed by atoms with van der Waals surface area (Å²) >= 11 is 0. The van der Waals surface area contributed by atoms with E-state index in [4.69, 9.17) is 0 Å². The summed E-state index contributed by atoms with van der Waals surface area (Å²) in [5.41, 5.74) is 0.797. The van der Waals surface area contributed by atoms with Gasteiger partial charge in [-0.1, -0.05) is 50.3 Å². The van der Waals surface area contributed by atoms with Gasteiger partial charge >= 0.3 is 0 Å². The van der Waals surface area contributed by atoms with E-state index in [1.54, 1.807) is 6.08 Å². The van der Waals surface area contributed by atoms with Gasteiger partial charge in [0, 0.05) is 12.0 Å². The number of carbonyl (C=O) groups excluding carboxylic acids is 1. The molecule has 2 nitrogen and oxygen atoms in total. The van der Waals surface area contributed by atoms with Gasteiger partial charge in [0.15, 0.2) is 0 Å². The molecule has 0 spiro atoms. The first kappa shape index (κ1) is 12.5. The third-order valence-electron chi connectivity index (χ3n) is 2.51. The van der Waals surface area contributed by atoms with Gasteiger partial charge in [-0.15, -0.1) is 6.58 Å². The lowest BCUT2D eigenvalue weighted by Gasteiger charge is -2.23. The van der Waals surface area contributed by atoms with Crippen LogP contribution in [0, 0.1) is 5.41 Å². The molecule has 1 amide bonds. The average Bonchev–Trinajstić information content (AvgIpc) is 2.26. The molecule has 0 aliphatic carbocycles. The molecule has 16 heavy (non-hydrogen) atoms. The first-order chi connectivity index (χ1) is 7.56. The van der Waals surface area contributed by atoms with Crippen LogP contribution in [-0.2, 0) is 11.2 Å². The van der Waals surface area contributed by atoms with Crippen LogP contribution >= 0.6 is 0 Å². The molecule has 1 aromatic carbocycles. The zero-order chi connectivity index (χ0) is 12.0. The van der Waals surface area contributed by atoms with Crippen molar-refractivity contribution in [3.8, 4) is 0 Å². The predicted molar refractivity (Wildman–Crippen MR) is 67.1 cm³/mol. The van der Waals surface area contributed by atoms with Crippen molar-refractivity contribution in [1.82, 2.24) is 5.32 Å². The van der Waals surface area contributed by atoms with Crippen LogP contribution in [-0.4, -0.2) is 12.5 Å². The molecule has 0 fully saturated rings. The largest absolute Gasteiger partial charge is 0.352 e. The number of carbonyl (C=O) groups is 1. The molecule has 1 rings (SSSR count). The highest BCUT2D eigenvalue weighted by Gasteiger charge is 2.27. The molecule has 1 N–H and O–H groups in total. The van der Waals surface area contributed by atoms with Crippen LogP contribution in [0.4, 0.5) is 0 Å². The minimum atomic E-state index is -0.385. The maximum atomic E-state index is 11.9. The lowest BCUT2D eigenvalue weighted by atomic mass is 9.85. The van der Waals surface area contributed by atoms with Gasteiger partial charge in [-0.25, -0.2) is 0 Å². The van der Waals surface area contributed by atoms with Crippen LogP contribution < -0.4 is 5.32 Å². The maximum absolute atomic E-state index is 11.9. The third kappa shape index (κ3) is 3.54. The van der Waals surface area contributed by atoms with Crippen molar-refractivity contribution in [3.63, 3.8) is 0 Å². The molecule has 2 heteroatoms. The quantitative estimate of drug-likeness (QED) is 0.755. The molecule has 0 aliphatic rings. The third-order valence-corrected chi connectivity index (χ3v) is 2.51. The molecule has 0 aromatic heterocycles. The van der Waals surface area contributed by atoms with E-state index in [9.17, 15) is 4.79 Å². The molecule has 0 saturated carbocycles. The summed E-state index contributed by atoms with van der Waals surface area (Å²) in [6.07, 6.45) is 2.44. The molecular weight excluding hydrogens is 198 g/mol. The maximum Gasteiger partial charge on any atom is 0.226 e. The molecule has 1 aromatic rings. The second-order valence-corrected chi connectivity index (χ2v) is 4.54. The molecule has 0 saturated heterocycles. The van der Waals surface area contributed by atoms with Crippen molar-refractivity contribution in [3.05, 3.63) is 48.6 Å². The normalized spacial score (nSPS) is 10.9. The Bertz CT molecular complexity index is 354.